The fourth-order valence-corrected chi connectivity index (χ4v) is 2.02. The molecule has 5 heteroatoms. The summed E-state index contributed by atoms with van der Waals surface area (Å²) in [6, 6.07) is 4.01. The predicted molar refractivity (Wildman–Crippen MR) is 65.2 cm³/mol. The first-order chi connectivity index (χ1) is 8.56. The van der Waals surface area contributed by atoms with E-state index in [1.807, 2.05) is 0 Å². The van der Waals surface area contributed by atoms with E-state index >= 15 is 0 Å². The molecule has 1 fully saturated rings. The molecule has 0 unspecified atom stereocenters. The van der Waals surface area contributed by atoms with Crippen LogP contribution in [0.3, 0.4) is 0 Å². The summed E-state index contributed by atoms with van der Waals surface area (Å²) in [6.45, 7) is 0.841. The number of aliphatic hydroxyl groups excluding tert-OH is 1. The highest BCUT2D eigenvalue weighted by Crippen LogP contribution is 2.48. The Hall–Kier alpha value is -1.62. The molecule has 0 bridgehead atoms. The summed E-state index contributed by atoms with van der Waals surface area (Å²) < 4.78 is 13.4. The third kappa shape index (κ3) is 2.79. The summed E-state index contributed by atoms with van der Waals surface area (Å²) in [6.07, 6.45) is 2.88. The Labute approximate surface area is 104 Å². The van der Waals surface area contributed by atoms with E-state index < -0.39 is 11.8 Å². The largest absolute Gasteiger partial charge is 0.478 e. The second-order valence-electron chi connectivity index (χ2n) is 4.83. The first-order valence-electron chi connectivity index (χ1n) is 5.94. The SMILES string of the molecule is O=C(O)c1ccc(NCC2(CCO)CC2)cc1F. The van der Waals surface area contributed by atoms with Gasteiger partial charge in [-0.25, -0.2) is 9.18 Å². The van der Waals surface area contributed by atoms with Crippen molar-refractivity contribution in [1.29, 1.82) is 0 Å². The van der Waals surface area contributed by atoms with Crippen molar-refractivity contribution in [3.8, 4) is 0 Å². The smallest absolute Gasteiger partial charge is 0.338 e. The van der Waals surface area contributed by atoms with Gasteiger partial charge in [0.25, 0.3) is 0 Å². The Bertz CT molecular complexity index is 458. The molecule has 4 nitrogen and oxygen atoms in total. The molecule has 1 aromatic carbocycles. The number of rotatable bonds is 6. The van der Waals surface area contributed by atoms with Gasteiger partial charge in [-0.2, -0.15) is 0 Å². The topological polar surface area (TPSA) is 69.6 Å². The van der Waals surface area contributed by atoms with Crippen LogP contribution in [0.1, 0.15) is 29.6 Å². The molecule has 0 aliphatic heterocycles. The third-order valence-electron chi connectivity index (χ3n) is 3.47. The van der Waals surface area contributed by atoms with Gasteiger partial charge in [0.05, 0.1) is 5.56 Å². The van der Waals surface area contributed by atoms with Crippen LogP contribution in [-0.4, -0.2) is 29.3 Å². The summed E-state index contributed by atoms with van der Waals surface area (Å²) >= 11 is 0. The summed E-state index contributed by atoms with van der Waals surface area (Å²) in [5.41, 5.74) is 0.384. The number of benzene rings is 1. The quantitative estimate of drug-likeness (QED) is 0.726. The first-order valence-corrected chi connectivity index (χ1v) is 5.94. The highest BCUT2D eigenvalue weighted by molar-refractivity contribution is 5.88. The molecule has 0 spiro atoms. The Morgan fingerprint density at radius 2 is 2.17 bits per heavy atom. The number of nitrogens with one attached hydrogen (secondary N) is 1. The number of anilines is 1. The van der Waals surface area contributed by atoms with Gasteiger partial charge in [0, 0.05) is 18.8 Å². The average molecular weight is 253 g/mol. The fraction of sp³-hybridized carbons (Fsp3) is 0.462. The van der Waals surface area contributed by atoms with Gasteiger partial charge in [-0.3, -0.25) is 0 Å². The fourth-order valence-electron chi connectivity index (χ4n) is 2.02. The Morgan fingerprint density at radius 3 is 2.67 bits per heavy atom. The van der Waals surface area contributed by atoms with Crippen LogP contribution in [0.15, 0.2) is 18.2 Å². The highest BCUT2D eigenvalue weighted by Gasteiger charge is 2.41. The van der Waals surface area contributed by atoms with Crippen molar-refractivity contribution in [3.63, 3.8) is 0 Å². The zero-order chi connectivity index (χ0) is 13.2. The molecule has 2 rings (SSSR count). The van der Waals surface area contributed by atoms with Crippen molar-refractivity contribution in [2.45, 2.75) is 19.3 Å². The molecule has 0 atom stereocenters. The number of aliphatic hydroxyl groups is 1. The second kappa shape index (κ2) is 4.94. The van der Waals surface area contributed by atoms with E-state index in [1.54, 1.807) is 6.07 Å². The maximum Gasteiger partial charge on any atom is 0.338 e. The van der Waals surface area contributed by atoms with Crippen LogP contribution < -0.4 is 5.32 Å². The van der Waals surface area contributed by atoms with E-state index in [9.17, 15) is 9.18 Å². The molecule has 3 N–H and O–H groups in total. The van der Waals surface area contributed by atoms with E-state index in [2.05, 4.69) is 5.32 Å². The molecule has 1 aliphatic rings. The molecule has 1 aliphatic carbocycles. The summed E-state index contributed by atoms with van der Waals surface area (Å²) in [5, 5.41) is 20.7. The van der Waals surface area contributed by atoms with Gasteiger partial charge in [0.15, 0.2) is 0 Å². The lowest BCUT2D eigenvalue weighted by molar-refractivity contribution is 0.0692. The van der Waals surface area contributed by atoms with Gasteiger partial charge in [0.1, 0.15) is 5.82 Å². The van der Waals surface area contributed by atoms with E-state index in [0.717, 1.165) is 19.3 Å². The predicted octanol–water partition coefficient (Wildman–Crippen LogP) is 2.10. The minimum Gasteiger partial charge on any atom is -0.478 e. The van der Waals surface area contributed by atoms with E-state index in [4.69, 9.17) is 10.2 Å². The molecule has 0 heterocycles. The molecule has 18 heavy (non-hydrogen) atoms. The lowest BCUT2D eigenvalue weighted by Gasteiger charge is -2.15. The van der Waals surface area contributed by atoms with Crippen LogP contribution in [0.2, 0.25) is 0 Å². The minimum absolute atomic E-state index is 0.136. The normalized spacial score (nSPS) is 16.3. The molecule has 1 aromatic rings. The number of carboxylic acid groups (broad SMARTS) is 1. The monoisotopic (exact) mass is 253 g/mol. The van der Waals surface area contributed by atoms with Crippen molar-refractivity contribution in [2.75, 3.05) is 18.5 Å². The highest BCUT2D eigenvalue weighted by atomic mass is 19.1. The molecule has 0 aromatic heterocycles. The van der Waals surface area contributed by atoms with Crippen LogP contribution in [0.5, 0.6) is 0 Å². The van der Waals surface area contributed by atoms with Crippen molar-refractivity contribution in [3.05, 3.63) is 29.6 Å². The summed E-state index contributed by atoms with van der Waals surface area (Å²) in [5.74, 6) is -2.00. The van der Waals surface area contributed by atoms with Gasteiger partial charge in [-0.1, -0.05) is 0 Å². The van der Waals surface area contributed by atoms with E-state index in [-0.39, 0.29) is 17.6 Å². The third-order valence-corrected chi connectivity index (χ3v) is 3.47. The first kappa shape index (κ1) is 12.8. The molecule has 0 radical (unpaired) electrons. The van der Waals surface area contributed by atoms with Crippen LogP contribution in [-0.2, 0) is 0 Å². The van der Waals surface area contributed by atoms with Crippen molar-refractivity contribution in [2.24, 2.45) is 5.41 Å². The maximum atomic E-state index is 13.4. The van der Waals surface area contributed by atoms with Gasteiger partial charge >= 0.3 is 5.97 Å². The lowest BCUT2D eigenvalue weighted by atomic mass is 10.0. The van der Waals surface area contributed by atoms with Crippen molar-refractivity contribution < 1.29 is 19.4 Å². The Kier molecular flexibility index (Phi) is 3.52. The molecular formula is C13H16FNO3. The minimum atomic E-state index is -1.27. The van der Waals surface area contributed by atoms with Crippen LogP contribution in [0, 0.1) is 11.2 Å². The molecule has 1 saturated carbocycles. The average Bonchev–Trinajstić information content (AvgIpc) is 3.07. The van der Waals surface area contributed by atoms with Crippen LogP contribution >= 0.6 is 0 Å². The van der Waals surface area contributed by atoms with Crippen molar-refractivity contribution >= 4 is 11.7 Å². The number of hydrogen-bond acceptors (Lipinski definition) is 3. The summed E-state index contributed by atoms with van der Waals surface area (Å²) in [7, 11) is 0. The molecule has 98 valence electrons. The van der Waals surface area contributed by atoms with E-state index in [0.29, 0.717) is 12.2 Å². The second-order valence-corrected chi connectivity index (χ2v) is 4.83. The van der Waals surface area contributed by atoms with Crippen molar-refractivity contribution in [1.82, 2.24) is 0 Å². The summed E-state index contributed by atoms with van der Waals surface area (Å²) in [4.78, 5) is 10.7. The van der Waals surface area contributed by atoms with Gasteiger partial charge in [-0.15, -0.1) is 0 Å². The number of carbonyl (C=O) groups is 1. The van der Waals surface area contributed by atoms with Crippen LogP contribution in [0.4, 0.5) is 10.1 Å². The van der Waals surface area contributed by atoms with Gasteiger partial charge in [-0.05, 0) is 42.9 Å². The lowest BCUT2D eigenvalue weighted by Crippen LogP contribution is -2.17. The number of halogens is 1. The van der Waals surface area contributed by atoms with Gasteiger partial charge < -0.3 is 15.5 Å². The van der Waals surface area contributed by atoms with E-state index in [1.165, 1.54) is 12.1 Å². The number of aromatic carboxylic acids is 1. The molecular weight excluding hydrogens is 237 g/mol. The number of hydrogen-bond donors (Lipinski definition) is 3. The van der Waals surface area contributed by atoms with Gasteiger partial charge in [0.2, 0.25) is 0 Å². The zero-order valence-corrected chi connectivity index (χ0v) is 9.95. The maximum absolute atomic E-state index is 13.4. The standard InChI is InChI=1S/C13H16FNO3/c14-11-7-9(1-2-10(11)12(17)18)15-8-13(3-4-13)5-6-16/h1-2,7,15-16H,3-6,8H2,(H,17,18). The number of carboxylic acids is 1. The Morgan fingerprint density at radius 1 is 1.44 bits per heavy atom. The van der Waals surface area contributed by atoms with Crippen LogP contribution in [0.25, 0.3) is 0 Å². The molecule has 0 saturated heterocycles. The molecule has 0 amide bonds. The Balaban J connectivity index is 1.98. The zero-order valence-electron chi connectivity index (χ0n) is 9.95.